The average molecular weight is 226 g/mol. The van der Waals surface area contributed by atoms with Gasteiger partial charge in [0.25, 0.3) is 0 Å². The van der Waals surface area contributed by atoms with E-state index in [1.807, 2.05) is 0 Å². The van der Waals surface area contributed by atoms with Gasteiger partial charge in [-0.2, -0.15) is 0 Å². The van der Waals surface area contributed by atoms with Crippen LogP contribution >= 0.6 is 15.9 Å². The number of hydrogen-bond donors (Lipinski definition) is 1. The SMILES string of the molecule is Bc1c(O)c(B)c(Br)c(B)c1F. The average Bonchev–Trinajstić information content (AvgIpc) is 2.08. The van der Waals surface area contributed by atoms with Crippen LogP contribution in [0.25, 0.3) is 0 Å². The molecule has 0 heterocycles. The normalized spacial score (nSPS) is 10.2. The molecule has 0 aliphatic carbocycles. The third kappa shape index (κ3) is 1.28. The summed E-state index contributed by atoms with van der Waals surface area (Å²) in [7, 11) is 4.99. The number of phenolic OH excluding ortho intramolecular Hbond substituents is 1. The fourth-order valence-electron chi connectivity index (χ4n) is 1.15. The van der Waals surface area contributed by atoms with Crippen LogP contribution < -0.4 is 16.4 Å². The van der Waals surface area contributed by atoms with E-state index in [9.17, 15) is 9.50 Å². The van der Waals surface area contributed by atoms with Gasteiger partial charge < -0.3 is 5.11 Å². The number of hydrogen-bond acceptors (Lipinski definition) is 1. The molecule has 12 heavy (non-hydrogen) atoms. The summed E-state index contributed by atoms with van der Waals surface area (Å²) >= 11 is 3.21. The third-order valence-electron chi connectivity index (χ3n) is 2.03. The van der Waals surface area contributed by atoms with E-state index in [4.69, 9.17) is 0 Å². The van der Waals surface area contributed by atoms with Crippen molar-refractivity contribution in [2.24, 2.45) is 0 Å². The minimum absolute atomic E-state index is 0.0324. The minimum atomic E-state index is -0.343. The molecule has 0 aliphatic rings. The minimum Gasteiger partial charge on any atom is -0.509 e. The van der Waals surface area contributed by atoms with Crippen LogP contribution in [0.4, 0.5) is 4.39 Å². The number of rotatable bonds is 0. The van der Waals surface area contributed by atoms with E-state index in [1.165, 1.54) is 0 Å². The Hall–Kier alpha value is -0.375. The highest BCUT2D eigenvalue weighted by Crippen LogP contribution is 2.09. The van der Waals surface area contributed by atoms with Gasteiger partial charge in [0.2, 0.25) is 0 Å². The molecule has 0 fully saturated rings. The van der Waals surface area contributed by atoms with Crippen molar-refractivity contribution in [1.29, 1.82) is 0 Å². The van der Waals surface area contributed by atoms with Gasteiger partial charge >= 0.3 is 0 Å². The van der Waals surface area contributed by atoms with Gasteiger partial charge in [0.1, 0.15) is 35.1 Å². The summed E-state index contributed by atoms with van der Waals surface area (Å²) in [6.45, 7) is 0. The Labute approximate surface area is 81.7 Å². The van der Waals surface area contributed by atoms with Gasteiger partial charge in [-0.1, -0.05) is 15.9 Å². The predicted molar refractivity (Wildman–Crippen MR) is 60.3 cm³/mol. The van der Waals surface area contributed by atoms with Gasteiger partial charge in [-0.25, -0.2) is 4.39 Å². The Kier molecular flexibility index (Phi) is 2.56. The lowest BCUT2D eigenvalue weighted by Crippen LogP contribution is -2.31. The number of halogens is 2. The van der Waals surface area contributed by atoms with Crippen molar-refractivity contribution in [2.75, 3.05) is 0 Å². The van der Waals surface area contributed by atoms with Gasteiger partial charge in [0.05, 0.1) is 0 Å². The van der Waals surface area contributed by atoms with Crippen LogP contribution in [0.3, 0.4) is 0 Å². The van der Waals surface area contributed by atoms with E-state index < -0.39 is 0 Å². The van der Waals surface area contributed by atoms with Gasteiger partial charge in [0.15, 0.2) is 0 Å². The van der Waals surface area contributed by atoms with Gasteiger partial charge in [0, 0.05) is 4.47 Å². The third-order valence-corrected chi connectivity index (χ3v) is 3.22. The standard InChI is InChI=1S/C6H7B3BrFO/c7-1-4(10)2(8)6(12)3(9)5(1)11/h12H,7-9H2. The highest BCUT2D eigenvalue weighted by molar-refractivity contribution is 9.10. The van der Waals surface area contributed by atoms with Gasteiger partial charge in [-0.3, -0.25) is 0 Å². The second-order valence-corrected chi connectivity index (χ2v) is 3.64. The first-order valence-corrected chi connectivity index (χ1v) is 4.39. The predicted octanol–water partition coefficient (Wildman–Crippen LogP) is -2.93. The Morgan fingerprint density at radius 3 is 2.08 bits per heavy atom. The zero-order valence-electron chi connectivity index (χ0n) is 7.20. The molecule has 0 bridgehead atoms. The van der Waals surface area contributed by atoms with Crippen LogP contribution in [0.2, 0.25) is 0 Å². The van der Waals surface area contributed by atoms with E-state index >= 15 is 0 Å². The molecule has 0 aliphatic heterocycles. The van der Waals surface area contributed by atoms with E-state index in [0.29, 0.717) is 20.9 Å². The van der Waals surface area contributed by atoms with Crippen LogP contribution in [0.1, 0.15) is 0 Å². The smallest absolute Gasteiger partial charge is 0.148 e. The highest BCUT2D eigenvalue weighted by atomic mass is 79.9. The van der Waals surface area contributed by atoms with Gasteiger partial charge in [-0.05, 0) is 16.4 Å². The summed E-state index contributed by atoms with van der Waals surface area (Å²) in [5.74, 6) is -0.310. The first-order valence-electron chi connectivity index (χ1n) is 3.60. The summed E-state index contributed by atoms with van der Waals surface area (Å²) < 4.78 is 13.9. The molecule has 0 saturated heterocycles. The second-order valence-electron chi connectivity index (χ2n) is 2.85. The fourth-order valence-corrected chi connectivity index (χ4v) is 1.51. The summed E-state index contributed by atoms with van der Waals surface area (Å²) in [4.78, 5) is 0. The molecule has 0 unspecified atom stereocenters. The summed E-state index contributed by atoms with van der Waals surface area (Å²) in [6, 6.07) is 0. The van der Waals surface area contributed by atoms with E-state index in [0.717, 1.165) is 0 Å². The first kappa shape index (κ1) is 9.71. The van der Waals surface area contributed by atoms with Crippen molar-refractivity contribution in [1.82, 2.24) is 0 Å². The van der Waals surface area contributed by atoms with Crippen molar-refractivity contribution in [3.05, 3.63) is 10.3 Å². The van der Waals surface area contributed by atoms with Crippen molar-refractivity contribution in [2.45, 2.75) is 0 Å². The molecule has 0 saturated carbocycles. The Balaban J connectivity index is 3.60. The summed E-state index contributed by atoms with van der Waals surface area (Å²) in [5.41, 5.74) is 1.54. The van der Waals surface area contributed by atoms with Crippen molar-refractivity contribution < 1.29 is 9.50 Å². The fraction of sp³-hybridized carbons (Fsp3) is 0. The Morgan fingerprint density at radius 2 is 1.58 bits per heavy atom. The van der Waals surface area contributed by atoms with Crippen LogP contribution in [0, 0.1) is 5.82 Å². The molecule has 1 nitrogen and oxygen atoms in total. The van der Waals surface area contributed by atoms with E-state index in [1.54, 1.807) is 23.5 Å². The monoisotopic (exact) mass is 226 g/mol. The molecule has 0 radical (unpaired) electrons. The number of benzene rings is 1. The molecule has 0 atom stereocenters. The molecule has 0 amide bonds. The lowest BCUT2D eigenvalue weighted by Gasteiger charge is -2.10. The summed E-state index contributed by atoms with van der Waals surface area (Å²) in [6.07, 6.45) is 0. The van der Waals surface area contributed by atoms with Crippen LogP contribution in [0.5, 0.6) is 5.75 Å². The lowest BCUT2D eigenvalue weighted by atomic mass is 9.79. The molecule has 1 aromatic rings. The molecule has 1 rings (SSSR count). The number of aromatic hydroxyl groups is 1. The van der Waals surface area contributed by atoms with Crippen molar-refractivity contribution in [3.8, 4) is 5.75 Å². The highest BCUT2D eigenvalue weighted by Gasteiger charge is 2.13. The maximum absolute atomic E-state index is 13.2. The van der Waals surface area contributed by atoms with Crippen molar-refractivity contribution in [3.63, 3.8) is 0 Å². The van der Waals surface area contributed by atoms with E-state index in [2.05, 4.69) is 15.9 Å². The quantitative estimate of drug-likeness (QED) is 0.470. The Bertz CT molecular complexity index is 237. The zero-order chi connectivity index (χ0) is 9.46. The van der Waals surface area contributed by atoms with Crippen LogP contribution in [0.15, 0.2) is 4.47 Å². The largest absolute Gasteiger partial charge is 0.509 e. The van der Waals surface area contributed by atoms with E-state index in [-0.39, 0.29) is 11.6 Å². The molecule has 6 heteroatoms. The maximum atomic E-state index is 13.2. The molecule has 1 N–H and O–H groups in total. The molecule has 0 spiro atoms. The van der Waals surface area contributed by atoms with Crippen LogP contribution in [-0.2, 0) is 0 Å². The maximum Gasteiger partial charge on any atom is 0.148 e. The molecule has 0 aromatic heterocycles. The zero-order valence-corrected chi connectivity index (χ0v) is 8.79. The molecule has 1 aromatic carbocycles. The summed E-state index contributed by atoms with van der Waals surface area (Å²) in [5, 5.41) is 9.42. The molecule has 60 valence electrons. The first-order chi connectivity index (χ1) is 5.46. The number of phenols is 1. The molecular weight excluding hydrogens is 219 g/mol. The molecular formula is C6H7B3BrFO. The lowest BCUT2D eigenvalue weighted by molar-refractivity contribution is 0.479. The second kappa shape index (κ2) is 3.17. The van der Waals surface area contributed by atoms with Crippen molar-refractivity contribution >= 4 is 55.9 Å². The van der Waals surface area contributed by atoms with Gasteiger partial charge in [-0.15, -0.1) is 0 Å². The van der Waals surface area contributed by atoms with Crippen LogP contribution in [-0.4, -0.2) is 28.6 Å². The Morgan fingerprint density at radius 1 is 1.08 bits per heavy atom. The topological polar surface area (TPSA) is 20.2 Å².